The molecule has 0 aliphatic heterocycles. The predicted octanol–water partition coefficient (Wildman–Crippen LogP) is 3.80. The van der Waals surface area contributed by atoms with Crippen molar-refractivity contribution in [1.82, 2.24) is 0 Å². The van der Waals surface area contributed by atoms with Crippen molar-refractivity contribution in [2.75, 3.05) is 0 Å². The molecule has 0 amide bonds. The third kappa shape index (κ3) is 3.88. The number of halogens is 4. The number of nitrogens with two attached hydrogens (primary N) is 1. The van der Waals surface area contributed by atoms with Crippen molar-refractivity contribution in [1.29, 1.82) is 0 Å². The molecule has 2 unspecified atom stereocenters. The Hall–Kier alpha value is -0.750. The van der Waals surface area contributed by atoms with Gasteiger partial charge in [-0.15, -0.1) is 0 Å². The van der Waals surface area contributed by atoms with E-state index in [0.717, 1.165) is 4.47 Å². The van der Waals surface area contributed by atoms with E-state index >= 15 is 0 Å². The van der Waals surface area contributed by atoms with Gasteiger partial charge in [0.15, 0.2) is 0 Å². The van der Waals surface area contributed by atoms with Crippen LogP contribution in [-0.4, -0.2) is 18.3 Å². The summed E-state index contributed by atoms with van der Waals surface area (Å²) in [5, 5.41) is 0. The fourth-order valence-corrected chi connectivity index (χ4v) is 1.97. The van der Waals surface area contributed by atoms with Gasteiger partial charge in [-0.1, -0.05) is 22.9 Å². The summed E-state index contributed by atoms with van der Waals surface area (Å²) in [6.07, 6.45) is -6.27. The summed E-state index contributed by atoms with van der Waals surface area (Å²) in [5.41, 5.74) is 6.10. The summed E-state index contributed by atoms with van der Waals surface area (Å²) in [4.78, 5) is 0. The van der Waals surface area contributed by atoms with E-state index in [-0.39, 0.29) is 12.2 Å². The molecule has 0 radical (unpaired) electrons. The van der Waals surface area contributed by atoms with E-state index in [1.165, 1.54) is 6.07 Å². The van der Waals surface area contributed by atoms with Crippen LogP contribution in [0.25, 0.3) is 0 Å². The second-order valence-corrected chi connectivity index (χ2v) is 4.98. The van der Waals surface area contributed by atoms with Gasteiger partial charge < -0.3 is 10.5 Å². The fourth-order valence-electron chi connectivity index (χ4n) is 1.49. The average Bonchev–Trinajstić information content (AvgIpc) is 2.25. The first-order chi connectivity index (χ1) is 8.25. The van der Waals surface area contributed by atoms with Gasteiger partial charge in [-0.2, -0.15) is 13.2 Å². The van der Waals surface area contributed by atoms with Crippen LogP contribution in [0.3, 0.4) is 0 Å². The lowest BCUT2D eigenvalue weighted by Crippen LogP contribution is -2.48. The Morgan fingerprint density at radius 3 is 2.44 bits per heavy atom. The van der Waals surface area contributed by atoms with Gasteiger partial charge in [0, 0.05) is 4.47 Å². The molecule has 0 saturated heterocycles. The topological polar surface area (TPSA) is 35.2 Å². The van der Waals surface area contributed by atoms with Crippen molar-refractivity contribution in [3.63, 3.8) is 0 Å². The molecule has 2 N–H and O–H groups in total. The minimum absolute atomic E-state index is 0.194. The van der Waals surface area contributed by atoms with Gasteiger partial charge in [-0.05, 0) is 37.1 Å². The van der Waals surface area contributed by atoms with Gasteiger partial charge in [0.2, 0.25) is 6.10 Å². The van der Waals surface area contributed by atoms with Crippen LogP contribution in [0.5, 0.6) is 5.75 Å². The van der Waals surface area contributed by atoms with Crippen molar-refractivity contribution in [2.24, 2.45) is 5.73 Å². The Bertz CT molecular complexity index is 409. The summed E-state index contributed by atoms with van der Waals surface area (Å²) in [5.74, 6) is 0.199. The van der Waals surface area contributed by atoms with Crippen molar-refractivity contribution in [3.8, 4) is 5.75 Å². The van der Waals surface area contributed by atoms with Gasteiger partial charge in [0.1, 0.15) is 5.75 Å². The zero-order chi connectivity index (χ0) is 13.9. The predicted molar refractivity (Wildman–Crippen MR) is 67.6 cm³/mol. The summed E-state index contributed by atoms with van der Waals surface area (Å²) < 4.78 is 44.4. The SMILES string of the molecule is CCC(N)C(Oc1ccc(Br)cc1C)C(F)(F)F. The van der Waals surface area contributed by atoms with Gasteiger partial charge >= 0.3 is 6.18 Å². The van der Waals surface area contributed by atoms with Crippen molar-refractivity contribution >= 4 is 15.9 Å². The maximum Gasteiger partial charge on any atom is 0.426 e. The molecule has 0 aliphatic carbocycles. The molecule has 0 saturated carbocycles. The molecule has 6 heteroatoms. The Morgan fingerprint density at radius 2 is 2.00 bits per heavy atom. The number of aryl methyl sites for hydroxylation is 1. The van der Waals surface area contributed by atoms with Crippen LogP contribution in [0.2, 0.25) is 0 Å². The second-order valence-electron chi connectivity index (χ2n) is 4.06. The van der Waals surface area contributed by atoms with Crippen molar-refractivity contribution < 1.29 is 17.9 Å². The summed E-state index contributed by atoms with van der Waals surface area (Å²) in [6, 6.07) is 3.75. The number of hydrogen-bond acceptors (Lipinski definition) is 2. The van der Waals surface area contributed by atoms with Crippen LogP contribution in [0.1, 0.15) is 18.9 Å². The maximum absolute atomic E-state index is 12.8. The Kier molecular flexibility index (Phi) is 5.04. The Morgan fingerprint density at radius 1 is 1.39 bits per heavy atom. The molecular weight excluding hydrogens is 311 g/mol. The van der Waals surface area contributed by atoms with E-state index in [4.69, 9.17) is 10.5 Å². The molecule has 102 valence electrons. The molecule has 1 rings (SSSR count). The summed E-state index contributed by atoms with van der Waals surface area (Å²) in [7, 11) is 0. The Balaban J connectivity index is 2.96. The molecule has 0 bridgehead atoms. The minimum atomic E-state index is -4.48. The molecule has 0 aliphatic rings. The largest absolute Gasteiger partial charge is 0.479 e. The highest BCUT2D eigenvalue weighted by Gasteiger charge is 2.45. The average molecular weight is 326 g/mol. The van der Waals surface area contributed by atoms with Crippen LogP contribution in [0.4, 0.5) is 13.2 Å². The van der Waals surface area contributed by atoms with E-state index in [0.29, 0.717) is 5.56 Å². The lowest BCUT2D eigenvalue weighted by Gasteiger charge is -2.27. The third-order valence-electron chi connectivity index (χ3n) is 2.57. The number of benzene rings is 1. The van der Waals surface area contributed by atoms with Crippen molar-refractivity contribution in [2.45, 2.75) is 38.6 Å². The van der Waals surface area contributed by atoms with E-state index in [1.807, 2.05) is 0 Å². The van der Waals surface area contributed by atoms with Gasteiger partial charge in [-0.25, -0.2) is 0 Å². The standard InChI is InChI=1S/C12H15BrF3NO/c1-3-9(17)11(12(14,15)16)18-10-5-4-8(13)6-7(10)2/h4-6,9,11H,3,17H2,1-2H3. The first-order valence-corrected chi connectivity index (χ1v) is 6.30. The molecule has 0 spiro atoms. The quantitative estimate of drug-likeness (QED) is 0.913. The van der Waals surface area contributed by atoms with Crippen LogP contribution < -0.4 is 10.5 Å². The van der Waals surface area contributed by atoms with Gasteiger partial charge in [-0.3, -0.25) is 0 Å². The zero-order valence-electron chi connectivity index (χ0n) is 10.1. The van der Waals surface area contributed by atoms with E-state index in [1.54, 1.807) is 26.0 Å². The smallest absolute Gasteiger partial charge is 0.426 e. The monoisotopic (exact) mass is 325 g/mol. The van der Waals surface area contributed by atoms with Gasteiger partial charge in [0.25, 0.3) is 0 Å². The molecule has 18 heavy (non-hydrogen) atoms. The number of alkyl halides is 3. The minimum Gasteiger partial charge on any atom is -0.479 e. The highest BCUT2D eigenvalue weighted by Crippen LogP contribution is 2.30. The number of ether oxygens (including phenoxy) is 1. The van der Waals surface area contributed by atoms with Crippen LogP contribution in [-0.2, 0) is 0 Å². The Labute approximate surface area is 112 Å². The highest BCUT2D eigenvalue weighted by atomic mass is 79.9. The normalized spacial score (nSPS) is 15.3. The van der Waals surface area contributed by atoms with Gasteiger partial charge in [0.05, 0.1) is 6.04 Å². The molecular formula is C12H15BrF3NO. The first kappa shape index (κ1) is 15.3. The molecule has 1 aromatic carbocycles. The molecule has 2 nitrogen and oxygen atoms in total. The fraction of sp³-hybridized carbons (Fsp3) is 0.500. The molecule has 0 fully saturated rings. The summed E-state index contributed by atoms with van der Waals surface area (Å²) >= 11 is 3.24. The van der Waals surface area contributed by atoms with Crippen LogP contribution >= 0.6 is 15.9 Å². The third-order valence-corrected chi connectivity index (χ3v) is 3.07. The number of hydrogen-bond donors (Lipinski definition) is 1. The first-order valence-electron chi connectivity index (χ1n) is 5.50. The van der Waals surface area contributed by atoms with E-state index in [9.17, 15) is 13.2 Å². The number of rotatable bonds is 4. The maximum atomic E-state index is 12.8. The molecule has 2 atom stereocenters. The van der Waals surface area contributed by atoms with Crippen LogP contribution in [0, 0.1) is 6.92 Å². The highest BCUT2D eigenvalue weighted by molar-refractivity contribution is 9.10. The zero-order valence-corrected chi connectivity index (χ0v) is 11.7. The van der Waals surface area contributed by atoms with E-state index < -0.39 is 18.3 Å². The second kappa shape index (κ2) is 5.93. The van der Waals surface area contributed by atoms with Crippen molar-refractivity contribution in [3.05, 3.63) is 28.2 Å². The summed E-state index contributed by atoms with van der Waals surface area (Å²) in [6.45, 7) is 3.28. The lowest BCUT2D eigenvalue weighted by molar-refractivity contribution is -0.200. The molecule has 0 heterocycles. The van der Waals surface area contributed by atoms with E-state index in [2.05, 4.69) is 15.9 Å². The lowest BCUT2D eigenvalue weighted by atomic mass is 10.1. The molecule has 0 aromatic heterocycles. The molecule has 1 aromatic rings. The van der Waals surface area contributed by atoms with Crippen LogP contribution in [0.15, 0.2) is 22.7 Å².